The van der Waals surface area contributed by atoms with Crippen LogP contribution in [0, 0.1) is 0 Å². The lowest BCUT2D eigenvalue weighted by Crippen LogP contribution is -2.39. The Bertz CT molecular complexity index is 887. The van der Waals surface area contributed by atoms with Gasteiger partial charge in [-0.25, -0.2) is 14.2 Å². The number of aromatic amines is 1. The molecular formula is C14H13Cl2N3O4. The summed E-state index contributed by atoms with van der Waals surface area (Å²) < 4.78 is 0.827. The van der Waals surface area contributed by atoms with Gasteiger partial charge < -0.3 is 15.0 Å². The lowest BCUT2D eigenvalue weighted by Gasteiger charge is -2.14. The summed E-state index contributed by atoms with van der Waals surface area (Å²) in [5, 5.41) is 9.64. The summed E-state index contributed by atoms with van der Waals surface area (Å²) in [6.45, 7) is 0.0541. The smallest absolute Gasteiger partial charge is 0.352 e. The lowest BCUT2D eigenvalue weighted by molar-refractivity contribution is 0.0687. The Kier molecular flexibility index (Phi) is 4.93. The first-order chi connectivity index (χ1) is 10.7. The highest BCUT2D eigenvalue weighted by Crippen LogP contribution is 2.23. The van der Waals surface area contributed by atoms with Crippen LogP contribution >= 0.6 is 23.2 Å². The zero-order valence-corrected chi connectivity index (χ0v) is 13.8. The van der Waals surface area contributed by atoms with E-state index in [1.54, 1.807) is 19.0 Å². The van der Waals surface area contributed by atoms with Crippen molar-refractivity contribution in [1.29, 1.82) is 0 Å². The van der Waals surface area contributed by atoms with Crippen molar-refractivity contribution in [3.63, 3.8) is 0 Å². The van der Waals surface area contributed by atoms with E-state index in [1.165, 1.54) is 18.2 Å². The number of aromatic nitrogens is 2. The molecule has 0 fully saturated rings. The summed E-state index contributed by atoms with van der Waals surface area (Å²) in [5.41, 5.74) is -1.85. The zero-order valence-electron chi connectivity index (χ0n) is 12.3. The third-order valence-electron chi connectivity index (χ3n) is 3.05. The number of carboxylic acid groups (broad SMARTS) is 1. The molecule has 23 heavy (non-hydrogen) atoms. The Morgan fingerprint density at radius 2 is 1.91 bits per heavy atom. The van der Waals surface area contributed by atoms with E-state index in [9.17, 15) is 19.5 Å². The summed E-state index contributed by atoms with van der Waals surface area (Å²) in [7, 11) is 3.36. The van der Waals surface area contributed by atoms with E-state index in [0.717, 1.165) is 4.57 Å². The number of halogens is 2. The molecule has 0 aliphatic rings. The predicted octanol–water partition coefficient (Wildman–Crippen LogP) is 1.59. The van der Waals surface area contributed by atoms with Crippen molar-refractivity contribution in [2.45, 2.75) is 6.54 Å². The first kappa shape index (κ1) is 17.3. The lowest BCUT2D eigenvalue weighted by atomic mass is 10.2. The van der Waals surface area contributed by atoms with E-state index in [1.807, 2.05) is 0 Å². The maximum atomic E-state index is 12.6. The molecule has 122 valence electrons. The molecule has 0 aliphatic heterocycles. The molecule has 0 radical (unpaired) electrons. The van der Waals surface area contributed by atoms with E-state index in [-0.39, 0.29) is 27.8 Å². The monoisotopic (exact) mass is 357 g/mol. The number of carboxylic acids is 1. The summed E-state index contributed by atoms with van der Waals surface area (Å²) in [6.07, 6.45) is 0. The molecule has 7 nitrogen and oxygen atoms in total. The molecule has 9 heteroatoms. The maximum Gasteiger partial charge on any atom is 0.352 e. The second kappa shape index (κ2) is 6.57. The Balaban J connectivity index is 2.79. The molecule has 1 aromatic heterocycles. The van der Waals surface area contributed by atoms with Gasteiger partial charge in [-0.3, -0.25) is 4.79 Å². The molecule has 1 aromatic carbocycles. The molecular weight excluding hydrogens is 345 g/mol. The van der Waals surface area contributed by atoms with Crippen LogP contribution in [0.25, 0.3) is 5.69 Å². The first-order valence-corrected chi connectivity index (χ1v) is 7.19. The van der Waals surface area contributed by atoms with Crippen LogP contribution in [0.15, 0.2) is 27.8 Å². The molecule has 2 aromatic rings. The number of aromatic carboxylic acids is 1. The number of nitrogens with one attached hydrogen (secondary N) is 1. The molecule has 0 saturated heterocycles. The van der Waals surface area contributed by atoms with Crippen molar-refractivity contribution < 1.29 is 9.90 Å². The number of benzene rings is 1. The van der Waals surface area contributed by atoms with E-state index < -0.39 is 22.9 Å². The fraction of sp³-hybridized carbons (Fsp3) is 0.214. The molecule has 0 saturated carbocycles. The van der Waals surface area contributed by atoms with Gasteiger partial charge in [-0.05, 0) is 32.3 Å². The van der Waals surface area contributed by atoms with Crippen LogP contribution in [0.1, 0.15) is 16.1 Å². The van der Waals surface area contributed by atoms with Crippen LogP contribution in [0.5, 0.6) is 0 Å². The third-order valence-corrected chi connectivity index (χ3v) is 3.79. The minimum Gasteiger partial charge on any atom is -0.477 e. The number of hydrogen-bond donors (Lipinski definition) is 2. The van der Waals surface area contributed by atoms with Gasteiger partial charge in [0.1, 0.15) is 5.69 Å². The highest BCUT2D eigenvalue weighted by molar-refractivity contribution is 6.42. The van der Waals surface area contributed by atoms with E-state index in [4.69, 9.17) is 23.2 Å². The first-order valence-electron chi connectivity index (χ1n) is 6.44. The molecule has 0 unspecified atom stereocenters. The largest absolute Gasteiger partial charge is 0.477 e. The van der Waals surface area contributed by atoms with Gasteiger partial charge in [0, 0.05) is 6.54 Å². The highest BCUT2D eigenvalue weighted by atomic mass is 35.5. The Morgan fingerprint density at radius 1 is 1.26 bits per heavy atom. The number of rotatable bonds is 4. The summed E-state index contributed by atoms with van der Waals surface area (Å²) in [6, 6.07) is 4.26. The quantitative estimate of drug-likeness (QED) is 0.866. The molecule has 2 rings (SSSR count). The standard InChI is InChI=1S/C14H13Cl2N3O4/c1-18(2)6-8-11(13(21)22)17-14(23)19(12(8)20)7-3-4-9(15)10(16)5-7/h3-5H,6H2,1-2H3,(H,17,23)(H,21,22). The van der Waals surface area contributed by atoms with Gasteiger partial charge in [-0.1, -0.05) is 23.2 Å². The van der Waals surface area contributed by atoms with Gasteiger partial charge in [0.2, 0.25) is 0 Å². The average Bonchev–Trinajstić information content (AvgIpc) is 2.45. The molecule has 0 aliphatic carbocycles. The molecule has 0 spiro atoms. The van der Waals surface area contributed by atoms with Crippen molar-refractivity contribution in [2.75, 3.05) is 14.1 Å². The van der Waals surface area contributed by atoms with Crippen molar-refractivity contribution in [3.8, 4) is 5.69 Å². The van der Waals surface area contributed by atoms with Gasteiger partial charge in [-0.15, -0.1) is 0 Å². The van der Waals surface area contributed by atoms with E-state index in [2.05, 4.69) is 4.98 Å². The predicted molar refractivity (Wildman–Crippen MR) is 87.0 cm³/mol. The highest BCUT2D eigenvalue weighted by Gasteiger charge is 2.20. The van der Waals surface area contributed by atoms with Gasteiger partial charge in [0.05, 0.1) is 21.3 Å². The number of hydrogen-bond acceptors (Lipinski definition) is 4. The fourth-order valence-electron chi connectivity index (χ4n) is 2.08. The van der Waals surface area contributed by atoms with Crippen LogP contribution in [-0.2, 0) is 6.54 Å². The third kappa shape index (κ3) is 3.47. The van der Waals surface area contributed by atoms with Crippen LogP contribution in [-0.4, -0.2) is 39.6 Å². The van der Waals surface area contributed by atoms with E-state index >= 15 is 0 Å². The SMILES string of the molecule is CN(C)Cc1c(C(=O)O)[nH]c(=O)n(-c2ccc(Cl)c(Cl)c2)c1=O. The number of carbonyl (C=O) groups is 1. The van der Waals surface area contributed by atoms with Crippen LogP contribution in [0.4, 0.5) is 0 Å². The fourth-order valence-corrected chi connectivity index (χ4v) is 2.37. The minimum absolute atomic E-state index is 0.0341. The number of nitrogens with zero attached hydrogens (tertiary/aromatic N) is 2. The van der Waals surface area contributed by atoms with Gasteiger partial charge in [-0.2, -0.15) is 0 Å². The maximum absolute atomic E-state index is 12.6. The Hall–Kier alpha value is -2.09. The molecule has 1 heterocycles. The second-order valence-corrected chi connectivity index (χ2v) is 5.88. The van der Waals surface area contributed by atoms with E-state index in [0.29, 0.717) is 0 Å². The topological polar surface area (TPSA) is 95.4 Å². The van der Waals surface area contributed by atoms with Crippen molar-refractivity contribution in [3.05, 3.63) is 60.3 Å². The average molecular weight is 358 g/mol. The van der Waals surface area contributed by atoms with Crippen molar-refractivity contribution in [1.82, 2.24) is 14.5 Å². The summed E-state index contributed by atoms with van der Waals surface area (Å²) >= 11 is 11.7. The second-order valence-electron chi connectivity index (χ2n) is 5.07. The Morgan fingerprint density at radius 3 is 2.43 bits per heavy atom. The van der Waals surface area contributed by atoms with Gasteiger partial charge in [0.15, 0.2) is 0 Å². The van der Waals surface area contributed by atoms with Crippen LogP contribution < -0.4 is 11.2 Å². The summed E-state index contributed by atoms with van der Waals surface area (Å²) in [5.74, 6) is -1.38. The normalized spacial score (nSPS) is 11.0. The summed E-state index contributed by atoms with van der Waals surface area (Å²) in [4.78, 5) is 39.9. The molecule has 0 bridgehead atoms. The van der Waals surface area contributed by atoms with Gasteiger partial charge in [0.25, 0.3) is 5.56 Å². The minimum atomic E-state index is -1.38. The van der Waals surface area contributed by atoms with Gasteiger partial charge >= 0.3 is 11.7 Å². The van der Waals surface area contributed by atoms with Crippen molar-refractivity contribution >= 4 is 29.2 Å². The molecule has 2 N–H and O–H groups in total. The van der Waals surface area contributed by atoms with Crippen LogP contribution in [0.2, 0.25) is 10.0 Å². The molecule has 0 amide bonds. The Labute approximate surface area is 140 Å². The van der Waals surface area contributed by atoms with Crippen molar-refractivity contribution in [2.24, 2.45) is 0 Å². The number of H-pyrrole nitrogens is 1. The zero-order chi connectivity index (χ0) is 17.3. The molecule has 0 atom stereocenters. The van der Waals surface area contributed by atoms with Crippen LogP contribution in [0.3, 0.4) is 0 Å².